The molecule has 1 atom stereocenters. The van der Waals surface area contributed by atoms with Crippen molar-refractivity contribution in [3.05, 3.63) is 27.3 Å². The molecule has 1 aromatic rings. The monoisotopic (exact) mass is 340 g/mol. The van der Waals surface area contributed by atoms with Crippen molar-refractivity contribution in [2.75, 3.05) is 5.32 Å². The summed E-state index contributed by atoms with van der Waals surface area (Å²) in [6.45, 7) is 3.62. The molecule has 0 saturated carbocycles. The molecule has 84 valence electrons. The summed E-state index contributed by atoms with van der Waals surface area (Å²) in [6.07, 6.45) is 0. The molecule has 0 fully saturated rings. The maximum atomic E-state index is 11.3. The van der Waals surface area contributed by atoms with Gasteiger partial charge < -0.3 is 11.1 Å². The second-order valence-corrected chi connectivity index (χ2v) is 4.48. The molecule has 15 heavy (non-hydrogen) atoms. The predicted octanol–water partition coefficient (Wildman–Crippen LogP) is 2.31. The van der Waals surface area contributed by atoms with E-state index in [2.05, 4.69) is 27.9 Å². The van der Waals surface area contributed by atoms with Crippen LogP contribution in [0.5, 0.6) is 0 Å². The number of hydrogen-bond donors (Lipinski definition) is 2. The van der Waals surface area contributed by atoms with E-state index < -0.39 is 6.04 Å². The third kappa shape index (κ3) is 4.36. The van der Waals surface area contributed by atoms with Crippen LogP contribution in [-0.4, -0.2) is 11.9 Å². The summed E-state index contributed by atoms with van der Waals surface area (Å²) < 4.78 is 1.15. The summed E-state index contributed by atoms with van der Waals surface area (Å²) in [5.41, 5.74) is 7.32. The number of benzene rings is 1. The molecule has 0 unspecified atom stereocenters. The highest BCUT2D eigenvalue weighted by molar-refractivity contribution is 14.1. The molecule has 0 aliphatic heterocycles. The molecule has 0 radical (unpaired) electrons. The van der Waals surface area contributed by atoms with E-state index >= 15 is 0 Å². The van der Waals surface area contributed by atoms with Gasteiger partial charge in [-0.1, -0.05) is 0 Å². The fourth-order valence-corrected chi connectivity index (χ4v) is 1.66. The summed E-state index contributed by atoms with van der Waals surface area (Å²) in [5.74, 6) is -0.158. The van der Waals surface area contributed by atoms with Crippen LogP contribution in [0.15, 0.2) is 18.2 Å². The number of amides is 1. The lowest BCUT2D eigenvalue weighted by Gasteiger charge is -2.10. The summed E-state index contributed by atoms with van der Waals surface area (Å²) in [7, 11) is 0. The van der Waals surface area contributed by atoms with Gasteiger partial charge in [0.05, 0.1) is 6.04 Å². The second kappa shape index (κ2) is 6.30. The maximum Gasteiger partial charge on any atom is 0.241 e. The van der Waals surface area contributed by atoms with Crippen LogP contribution in [0.25, 0.3) is 0 Å². The zero-order chi connectivity index (χ0) is 10.7. The van der Waals surface area contributed by atoms with Crippen molar-refractivity contribution in [3.8, 4) is 0 Å². The number of nitrogens with two attached hydrogens (primary N) is 1. The van der Waals surface area contributed by atoms with Gasteiger partial charge in [0.2, 0.25) is 5.91 Å². The van der Waals surface area contributed by atoms with E-state index in [-0.39, 0.29) is 18.3 Å². The first-order chi connectivity index (χ1) is 6.50. The second-order valence-electron chi connectivity index (χ2n) is 3.24. The quantitative estimate of drug-likeness (QED) is 0.812. The number of hydrogen-bond acceptors (Lipinski definition) is 2. The summed E-state index contributed by atoms with van der Waals surface area (Å²) in [5, 5.41) is 2.77. The number of carbonyl (C=O) groups is 1. The highest BCUT2D eigenvalue weighted by atomic mass is 127. The molecule has 0 aliphatic carbocycles. The average Bonchev–Trinajstić information content (AvgIpc) is 2.09. The average molecular weight is 341 g/mol. The van der Waals surface area contributed by atoms with Gasteiger partial charge in [0.15, 0.2) is 0 Å². The highest BCUT2D eigenvalue weighted by Crippen LogP contribution is 2.17. The van der Waals surface area contributed by atoms with Crippen molar-refractivity contribution >= 4 is 46.6 Å². The third-order valence-electron chi connectivity index (χ3n) is 1.86. The molecule has 0 heterocycles. The molecule has 0 aromatic heterocycles. The van der Waals surface area contributed by atoms with E-state index in [4.69, 9.17) is 5.73 Å². The minimum absolute atomic E-state index is 0. The molecular formula is C10H14ClIN2O. The zero-order valence-electron chi connectivity index (χ0n) is 8.58. The van der Waals surface area contributed by atoms with Crippen molar-refractivity contribution in [1.29, 1.82) is 0 Å². The Hall–Kier alpha value is -0.330. The van der Waals surface area contributed by atoms with Crippen molar-refractivity contribution in [2.45, 2.75) is 19.9 Å². The minimum atomic E-state index is -0.478. The summed E-state index contributed by atoms with van der Waals surface area (Å²) >= 11 is 2.23. The number of aryl methyl sites for hydroxylation is 1. The van der Waals surface area contributed by atoms with Crippen LogP contribution in [0.4, 0.5) is 5.69 Å². The van der Waals surface area contributed by atoms with Gasteiger partial charge in [0, 0.05) is 9.26 Å². The lowest BCUT2D eigenvalue weighted by atomic mass is 10.2. The molecule has 0 aliphatic rings. The Bertz CT molecular complexity index is 355. The molecule has 1 aromatic carbocycles. The smallest absolute Gasteiger partial charge is 0.241 e. The van der Waals surface area contributed by atoms with Gasteiger partial charge in [0.1, 0.15) is 0 Å². The first-order valence-electron chi connectivity index (χ1n) is 4.33. The SMILES string of the molecule is Cc1cc(I)ccc1NC(=O)[C@H](C)N.Cl. The van der Waals surface area contributed by atoms with Crippen LogP contribution >= 0.6 is 35.0 Å². The zero-order valence-corrected chi connectivity index (χ0v) is 11.6. The van der Waals surface area contributed by atoms with Crippen molar-refractivity contribution in [2.24, 2.45) is 5.73 Å². The van der Waals surface area contributed by atoms with Gasteiger partial charge in [-0.3, -0.25) is 4.79 Å². The van der Waals surface area contributed by atoms with Crippen LogP contribution in [0.1, 0.15) is 12.5 Å². The van der Waals surface area contributed by atoms with Gasteiger partial charge in [0.25, 0.3) is 0 Å². The van der Waals surface area contributed by atoms with Crippen LogP contribution in [0, 0.1) is 10.5 Å². The van der Waals surface area contributed by atoms with Crippen molar-refractivity contribution in [3.63, 3.8) is 0 Å². The van der Waals surface area contributed by atoms with Gasteiger partial charge in [-0.25, -0.2) is 0 Å². The fourth-order valence-electron chi connectivity index (χ4n) is 1.01. The first-order valence-corrected chi connectivity index (χ1v) is 5.41. The lowest BCUT2D eigenvalue weighted by Crippen LogP contribution is -2.32. The molecule has 3 N–H and O–H groups in total. The van der Waals surface area contributed by atoms with Gasteiger partial charge in [-0.05, 0) is 60.2 Å². The normalized spacial score (nSPS) is 11.5. The molecule has 0 bridgehead atoms. The molecule has 0 spiro atoms. The first kappa shape index (κ1) is 14.7. The Labute approximate surface area is 109 Å². The molecular weight excluding hydrogens is 326 g/mol. The largest absolute Gasteiger partial charge is 0.325 e. The predicted molar refractivity (Wildman–Crippen MR) is 73.4 cm³/mol. The van der Waals surface area contributed by atoms with Crippen LogP contribution in [-0.2, 0) is 4.79 Å². The molecule has 0 saturated heterocycles. The Morgan fingerprint density at radius 1 is 1.53 bits per heavy atom. The number of rotatable bonds is 2. The molecule has 5 heteroatoms. The fraction of sp³-hybridized carbons (Fsp3) is 0.300. The number of halogens is 2. The third-order valence-corrected chi connectivity index (χ3v) is 2.53. The van der Waals surface area contributed by atoms with E-state index in [1.54, 1.807) is 6.92 Å². The molecule has 1 amide bonds. The van der Waals surface area contributed by atoms with Gasteiger partial charge in [-0.15, -0.1) is 12.4 Å². The molecule has 1 rings (SSSR count). The van der Waals surface area contributed by atoms with Gasteiger partial charge >= 0.3 is 0 Å². The minimum Gasteiger partial charge on any atom is -0.325 e. The molecule has 3 nitrogen and oxygen atoms in total. The number of anilines is 1. The van der Waals surface area contributed by atoms with E-state index in [0.717, 1.165) is 14.8 Å². The summed E-state index contributed by atoms with van der Waals surface area (Å²) in [6, 6.07) is 5.37. The maximum absolute atomic E-state index is 11.3. The topological polar surface area (TPSA) is 55.1 Å². The van der Waals surface area contributed by atoms with E-state index in [1.165, 1.54) is 0 Å². The number of carbonyl (C=O) groups excluding carboxylic acids is 1. The Balaban J connectivity index is 0.00000196. The number of nitrogens with one attached hydrogen (secondary N) is 1. The highest BCUT2D eigenvalue weighted by Gasteiger charge is 2.08. The van der Waals surface area contributed by atoms with Crippen LogP contribution < -0.4 is 11.1 Å². The van der Waals surface area contributed by atoms with Gasteiger partial charge in [-0.2, -0.15) is 0 Å². The van der Waals surface area contributed by atoms with Crippen molar-refractivity contribution < 1.29 is 4.79 Å². The summed E-state index contributed by atoms with van der Waals surface area (Å²) in [4.78, 5) is 11.3. The standard InChI is InChI=1S/C10H13IN2O.ClH/c1-6-5-8(11)3-4-9(6)13-10(14)7(2)12;/h3-5,7H,12H2,1-2H3,(H,13,14);1H/t7-;/m0./s1. The van der Waals surface area contributed by atoms with Crippen molar-refractivity contribution in [1.82, 2.24) is 0 Å². The Morgan fingerprint density at radius 3 is 2.60 bits per heavy atom. The van der Waals surface area contributed by atoms with E-state index in [1.807, 2.05) is 25.1 Å². The van der Waals surface area contributed by atoms with Crippen LogP contribution in [0.3, 0.4) is 0 Å². The Kier molecular flexibility index (Phi) is 6.16. The van der Waals surface area contributed by atoms with Crippen LogP contribution in [0.2, 0.25) is 0 Å². The lowest BCUT2D eigenvalue weighted by molar-refractivity contribution is -0.117. The van der Waals surface area contributed by atoms with E-state index in [0.29, 0.717) is 0 Å². The van der Waals surface area contributed by atoms with E-state index in [9.17, 15) is 4.79 Å². The Morgan fingerprint density at radius 2 is 2.13 bits per heavy atom.